The molecule has 2 heterocycles. The number of benzene rings is 2. The van der Waals surface area contributed by atoms with Crippen LogP contribution in [0.1, 0.15) is 27.2 Å². The highest BCUT2D eigenvalue weighted by molar-refractivity contribution is 5.89. The van der Waals surface area contributed by atoms with E-state index in [2.05, 4.69) is 39.4 Å². The molecule has 0 aliphatic heterocycles. The Morgan fingerprint density at radius 3 is 2.62 bits per heavy atom. The quantitative estimate of drug-likeness (QED) is 0.432. The van der Waals surface area contributed by atoms with Gasteiger partial charge in [0.25, 0.3) is 0 Å². The zero-order valence-electron chi connectivity index (χ0n) is 17.9. The zero-order chi connectivity index (χ0) is 22.5. The number of nitrogens with one attached hydrogen (secondary N) is 1. The van der Waals surface area contributed by atoms with E-state index in [-0.39, 0.29) is 0 Å². The molecule has 32 heavy (non-hydrogen) atoms. The van der Waals surface area contributed by atoms with E-state index in [0.717, 1.165) is 39.5 Å². The minimum absolute atomic E-state index is 0.296. The largest absolute Gasteiger partial charge is 0.493 e. The summed E-state index contributed by atoms with van der Waals surface area (Å²) < 4.78 is 5.41. The Morgan fingerprint density at radius 2 is 1.88 bits per heavy atom. The number of H-pyrrole nitrogens is 1. The number of carboxylic acid groups (broad SMARTS) is 1. The molecule has 0 radical (unpaired) electrons. The highest BCUT2D eigenvalue weighted by Crippen LogP contribution is 2.27. The molecule has 2 aromatic carbocycles. The molecule has 2 N–H and O–H groups in total. The Labute approximate surface area is 186 Å². The minimum Gasteiger partial charge on any atom is -0.493 e. The molecular weight excluding hydrogens is 404 g/mol. The van der Waals surface area contributed by atoms with Crippen molar-refractivity contribution in [3.63, 3.8) is 0 Å². The number of hydrogen-bond acceptors (Lipinski definition) is 5. The number of rotatable bonds is 8. The lowest BCUT2D eigenvalue weighted by Crippen LogP contribution is -2.18. The van der Waals surface area contributed by atoms with Crippen molar-refractivity contribution in [3.05, 3.63) is 95.4 Å². The fourth-order valence-corrected chi connectivity index (χ4v) is 3.73. The lowest BCUT2D eigenvalue weighted by molar-refractivity contribution is 0.0696. The van der Waals surface area contributed by atoms with Gasteiger partial charge >= 0.3 is 5.97 Å². The van der Waals surface area contributed by atoms with Crippen molar-refractivity contribution in [2.45, 2.75) is 13.0 Å². The number of anilines is 1. The first kappa shape index (κ1) is 21.1. The second kappa shape index (κ2) is 9.34. The highest BCUT2D eigenvalue weighted by atomic mass is 16.5. The summed E-state index contributed by atoms with van der Waals surface area (Å²) in [5.74, 6) is 0.584. The van der Waals surface area contributed by atoms with Crippen LogP contribution >= 0.6 is 0 Å². The fraction of sp³-hybridized carbons (Fsp3) is 0.160. The average molecular weight is 428 g/mol. The van der Waals surface area contributed by atoms with Crippen LogP contribution in [0.4, 0.5) is 5.82 Å². The van der Waals surface area contributed by atoms with Gasteiger partial charge in [0, 0.05) is 38.0 Å². The van der Waals surface area contributed by atoms with Gasteiger partial charge in [0.05, 0.1) is 18.4 Å². The van der Waals surface area contributed by atoms with Crippen molar-refractivity contribution in [2.75, 3.05) is 19.1 Å². The Bertz CT molecular complexity index is 1220. The third-order valence-electron chi connectivity index (χ3n) is 5.34. The molecule has 162 valence electrons. The first-order valence-corrected chi connectivity index (χ1v) is 10.2. The van der Waals surface area contributed by atoms with Crippen LogP contribution in [-0.2, 0) is 13.0 Å². The molecule has 0 aliphatic carbocycles. The molecule has 2 aromatic heterocycles. The van der Waals surface area contributed by atoms with E-state index in [1.165, 1.54) is 0 Å². The van der Waals surface area contributed by atoms with Crippen LogP contribution in [0.3, 0.4) is 0 Å². The number of aromatic nitrogens is 3. The van der Waals surface area contributed by atoms with Crippen molar-refractivity contribution in [3.8, 4) is 16.9 Å². The summed E-state index contributed by atoms with van der Waals surface area (Å²) in [5, 5.41) is 16.7. The third-order valence-corrected chi connectivity index (χ3v) is 5.34. The molecule has 0 unspecified atom stereocenters. The van der Waals surface area contributed by atoms with E-state index in [1.54, 1.807) is 25.4 Å². The smallest absolute Gasteiger partial charge is 0.335 e. The summed E-state index contributed by atoms with van der Waals surface area (Å²) in [6.07, 6.45) is 4.03. The maximum Gasteiger partial charge on any atom is 0.335 e. The summed E-state index contributed by atoms with van der Waals surface area (Å²) in [7, 11) is 3.62. The Hall–Kier alpha value is -4.13. The van der Waals surface area contributed by atoms with Gasteiger partial charge in [-0.1, -0.05) is 42.5 Å². The van der Waals surface area contributed by atoms with Crippen molar-refractivity contribution in [1.82, 2.24) is 15.2 Å². The Balaban J connectivity index is 1.52. The van der Waals surface area contributed by atoms with E-state index in [0.29, 0.717) is 18.5 Å². The average Bonchev–Trinajstić information content (AvgIpc) is 3.27. The second-order valence-corrected chi connectivity index (χ2v) is 7.47. The number of pyridine rings is 1. The monoisotopic (exact) mass is 428 g/mol. The predicted octanol–water partition coefficient (Wildman–Crippen LogP) is 4.41. The number of aromatic carboxylic acids is 1. The topological polar surface area (TPSA) is 91.3 Å². The van der Waals surface area contributed by atoms with Crippen molar-refractivity contribution < 1.29 is 14.6 Å². The maximum absolute atomic E-state index is 11.5. The van der Waals surface area contributed by atoms with Crippen LogP contribution in [-0.4, -0.2) is 40.4 Å². The molecule has 0 fully saturated rings. The Morgan fingerprint density at radius 1 is 1.09 bits per heavy atom. The normalized spacial score (nSPS) is 10.7. The minimum atomic E-state index is -0.935. The summed E-state index contributed by atoms with van der Waals surface area (Å²) in [6.45, 7) is 0.678. The van der Waals surface area contributed by atoms with Gasteiger partial charge in [-0.15, -0.1) is 0 Å². The first-order chi connectivity index (χ1) is 15.6. The van der Waals surface area contributed by atoms with E-state index in [9.17, 15) is 9.90 Å². The molecule has 4 rings (SSSR count). The van der Waals surface area contributed by atoms with E-state index < -0.39 is 5.97 Å². The van der Waals surface area contributed by atoms with E-state index in [1.807, 2.05) is 42.4 Å². The summed E-state index contributed by atoms with van der Waals surface area (Å²) >= 11 is 0. The van der Waals surface area contributed by atoms with Gasteiger partial charge in [0.1, 0.15) is 0 Å². The molecule has 7 heteroatoms. The highest BCUT2D eigenvalue weighted by Gasteiger charge is 2.15. The van der Waals surface area contributed by atoms with Gasteiger partial charge in [-0.25, -0.2) is 9.78 Å². The molecule has 0 amide bonds. The van der Waals surface area contributed by atoms with Gasteiger partial charge in [-0.2, -0.15) is 5.10 Å². The van der Waals surface area contributed by atoms with Crippen LogP contribution in [0.15, 0.2) is 73.1 Å². The lowest BCUT2D eigenvalue weighted by atomic mass is 9.98. The molecule has 0 saturated carbocycles. The second-order valence-electron chi connectivity index (χ2n) is 7.47. The summed E-state index contributed by atoms with van der Waals surface area (Å²) in [4.78, 5) is 18.0. The number of hydrogen-bond donors (Lipinski definition) is 2. The number of aromatic amines is 1. The number of carbonyl (C=O) groups is 1. The first-order valence-electron chi connectivity index (χ1n) is 10.2. The molecule has 7 nitrogen and oxygen atoms in total. The SMILES string of the molecule is COc1cccnc1N(C)Cc1ccc(-c2c[nH]nc2Cc2ccccc2C(=O)O)cc1. The Kier molecular flexibility index (Phi) is 6.17. The molecular formula is C25H24N4O3. The lowest BCUT2D eigenvalue weighted by Gasteiger charge is -2.20. The standard InChI is InChI=1S/C25H24N4O3/c1-29(24-23(32-2)8-5-13-26-24)16-17-9-11-18(12-10-17)21-15-27-28-22(21)14-19-6-3-4-7-20(19)25(30)31/h3-13,15H,14,16H2,1-2H3,(H,27,28)(H,30,31). The van der Waals surface area contributed by atoms with Crippen LogP contribution in [0, 0.1) is 0 Å². The van der Waals surface area contributed by atoms with Crippen LogP contribution in [0.2, 0.25) is 0 Å². The predicted molar refractivity (Wildman–Crippen MR) is 123 cm³/mol. The molecule has 4 aromatic rings. The van der Waals surface area contributed by atoms with Gasteiger partial charge in [-0.05, 0) is 34.9 Å². The number of ether oxygens (including phenoxy) is 1. The molecule has 0 bridgehead atoms. The molecule has 0 saturated heterocycles. The number of carboxylic acids is 1. The van der Waals surface area contributed by atoms with E-state index >= 15 is 0 Å². The zero-order valence-corrected chi connectivity index (χ0v) is 17.9. The summed E-state index contributed by atoms with van der Waals surface area (Å²) in [5.41, 5.74) is 4.94. The van der Waals surface area contributed by atoms with Crippen molar-refractivity contribution in [2.24, 2.45) is 0 Å². The van der Waals surface area contributed by atoms with Gasteiger partial charge in [0.15, 0.2) is 11.6 Å². The molecule has 0 aliphatic rings. The van der Waals surface area contributed by atoms with Gasteiger partial charge in [-0.3, -0.25) is 5.10 Å². The third kappa shape index (κ3) is 4.46. The van der Waals surface area contributed by atoms with E-state index in [4.69, 9.17) is 4.74 Å². The van der Waals surface area contributed by atoms with Crippen molar-refractivity contribution in [1.29, 1.82) is 0 Å². The van der Waals surface area contributed by atoms with Crippen LogP contribution in [0.25, 0.3) is 11.1 Å². The van der Waals surface area contributed by atoms with Crippen LogP contribution < -0.4 is 9.64 Å². The molecule has 0 spiro atoms. The van der Waals surface area contributed by atoms with Gasteiger partial charge < -0.3 is 14.7 Å². The van der Waals surface area contributed by atoms with Crippen LogP contribution in [0.5, 0.6) is 5.75 Å². The van der Waals surface area contributed by atoms with Crippen molar-refractivity contribution >= 4 is 11.8 Å². The summed E-state index contributed by atoms with van der Waals surface area (Å²) in [6, 6.07) is 19.0. The fourth-order valence-electron chi connectivity index (χ4n) is 3.73. The van der Waals surface area contributed by atoms with Gasteiger partial charge in [0.2, 0.25) is 0 Å². The molecule has 0 atom stereocenters. The number of methoxy groups -OCH3 is 1. The number of nitrogens with zero attached hydrogens (tertiary/aromatic N) is 3. The maximum atomic E-state index is 11.5.